The van der Waals surface area contributed by atoms with Crippen LogP contribution >= 0.6 is 0 Å². The van der Waals surface area contributed by atoms with Gasteiger partial charge in [-0.05, 0) is 19.8 Å². The van der Waals surface area contributed by atoms with Gasteiger partial charge in [0.1, 0.15) is 5.69 Å². The fraction of sp³-hybridized carbons (Fsp3) is 0.571. The molecule has 1 amide bonds. The summed E-state index contributed by atoms with van der Waals surface area (Å²) >= 11 is 0. The van der Waals surface area contributed by atoms with Crippen LogP contribution in [-0.4, -0.2) is 29.6 Å². The predicted molar refractivity (Wildman–Crippen MR) is 72.2 cm³/mol. The third-order valence-electron chi connectivity index (χ3n) is 3.42. The Balaban J connectivity index is 2.02. The van der Waals surface area contributed by atoms with Crippen LogP contribution in [0, 0.1) is 0 Å². The molecule has 0 unspecified atom stereocenters. The van der Waals surface area contributed by atoms with Crippen LogP contribution in [0.2, 0.25) is 0 Å². The zero-order valence-corrected chi connectivity index (χ0v) is 11.1. The van der Waals surface area contributed by atoms with Gasteiger partial charge in [-0.15, -0.1) is 0 Å². The maximum Gasteiger partial charge on any atom is 0.268 e. The summed E-state index contributed by atoms with van der Waals surface area (Å²) in [6.07, 6.45) is 5.70. The fourth-order valence-electron chi connectivity index (χ4n) is 2.50. The SMILES string of the molecule is CCO[C@@H]1CCCC[C@H]1NC(=O)c1cc(=O)cc[nH]1. The quantitative estimate of drug-likeness (QED) is 0.864. The van der Waals surface area contributed by atoms with Crippen molar-refractivity contribution in [3.8, 4) is 0 Å². The van der Waals surface area contributed by atoms with E-state index in [1.807, 2.05) is 6.92 Å². The van der Waals surface area contributed by atoms with Gasteiger partial charge >= 0.3 is 0 Å². The monoisotopic (exact) mass is 264 g/mol. The number of hydrogen-bond donors (Lipinski definition) is 2. The number of aromatic nitrogens is 1. The van der Waals surface area contributed by atoms with Crippen LogP contribution in [0.5, 0.6) is 0 Å². The molecule has 0 saturated heterocycles. The van der Waals surface area contributed by atoms with Crippen LogP contribution in [0.15, 0.2) is 23.1 Å². The number of ether oxygens (including phenoxy) is 1. The van der Waals surface area contributed by atoms with Gasteiger partial charge in [0.15, 0.2) is 5.43 Å². The van der Waals surface area contributed by atoms with E-state index >= 15 is 0 Å². The number of aromatic amines is 1. The minimum atomic E-state index is -0.241. The van der Waals surface area contributed by atoms with Crippen molar-refractivity contribution in [2.24, 2.45) is 0 Å². The number of rotatable bonds is 4. The molecule has 1 aromatic heterocycles. The molecule has 0 radical (unpaired) electrons. The molecule has 5 nitrogen and oxygen atoms in total. The molecule has 1 aromatic rings. The summed E-state index contributed by atoms with van der Waals surface area (Å²) in [5.74, 6) is -0.241. The lowest BCUT2D eigenvalue weighted by Crippen LogP contribution is -2.46. The highest BCUT2D eigenvalue weighted by molar-refractivity contribution is 5.92. The number of carbonyl (C=O) groups excluding carboxylic acids is 1. The molecule has 2 atom stereocenters. The topological polar surface area (TPSA) is 71.2 Å². The molecule has 1 aliphatic rings. The molecule has 19 heavy (non-hydrogen) atoms. The standard InChI is InChI=1S/C14H20N2O3/c1-2-19-13-6-4-3-5-11(13)16-14(18)12-9-10(17)7-8-15-12/h7-9,11,13H,2-6H2,1H3,(H,15,17)(H,16,18)/t11-,13-/m1/s1. The molecule has 0 aromatic carbocycles. The number of hydrogen-bond acceptors (Lipinski definition) is 3. The third-order valence-corrected chi connectivity index (χ3v) is 3.42. The van der Waals surface area contributed by atoms with Crippen molar-refractivity contribution >= 4 is 5.91 Å². The summed E-state index contributed by atoms with van der Waals surface area (Å²) in [6, 6.07) is 2.73. The van der Waals surface area contributed by atoms with Crippen LogP contribution in [0.25, 0.3) is 0 Å². The number of H-pyrrole nitrogens is 1. The Kier molecular flexibility index (Phi) is 4.74. The van der Waals surface area contributed by atoms with E-state index in [9.17, 15) is 9.59 Å². The Morgan fingerprint density at radius 1 is 1.47 bits per heavy atom. The Bertz CT molecular complexity index is 482. The van der Waals surface area contributed by atoms with Crippen molar-refractivity contribution in [3.63, 3.8) is 0 Å². The molecule has 2 N–H and O–H groups in total. The van der Waals surface area contributed by atoms with Crippen LogP contribution in [0.1, 0.15) is 43.1 Å². The Hall–Kier alpha value is -1.62. The average molecular weight is 264 g/mol. The summed E-state index contributed by atoms with van der Waals surface area (Å²) in [5, 5.41) is 2.96. The van der Waals surface area contributed by atoms with Gasteiger partial charge < -0.3 is 15.0 Å². The highest BCUT2D eigenvalue weighted by Crippen LogP contribution is 2.21. The minimum absolute atomic E-state index is 0.0323. The largest absolute Gasteiger partial charge is 0.376 e. The summed E-state index contributed by atoms with van der Waals surface area (Å²) in [4.78, 5) is 26.1. The predicted octanol–water partition coefficient (Wildman–Crippen LogP) is 1.45. The van der Waals surface area contributed by atoms with Crippen molar-refractivity contribution in [1.82, 2.24) is 10.3 Å². The molecule has 1 saturated carbocycles. The van der Waals surface area contributed by atoms with E-state index in [1.165, 1.54) is 18.3 Å². The molecular weight excluding hydrogens is 244 g/mol. The lowest BCUT2D eigenvalue weighted by Gasteiger charge is -2.31. The van der Waals surface area contributed by atoms with Crippen molar-refractivity contribution in [1.29, 1.82) is 0 Å². The molecule has 0 bridgehead atoms. The van der Waals surface area contributed by atoms with E-state index in [0.29, 0.717) is 12.3 Å². The van der Waals surface area contributed by atoms with Gasteiger partial charge in [0.25, 0.3) is 5.91 Å². The van der Waals surface area contributed by atoms with E-state index in [-0.39, 0.29) is 23.5 Å². The highest BCUT2D eigenvalue weighted by atomic mass is 16.5. The number of nitrogens with one attached hydrogen (secondary N) is 2. The summed E-state index contributed by atoms with van der Waals surface area (Å²) in [6.45, 7) is 2.61. The second-order valence-electron chi connectivity index (χ2n) is 4.80. The Morgan fingerprint density at radius 3 is 3.00 bits per heavy atom. The van der Waals surface area contributed by atoms with Gasteiger partial charge in [-0.3, -0.25) is 9.59 Å². The first-order valence-corrected chi connectivity index (χ1v) is 6.82. The molecule has 5 heteroatoms. The van der Waals surface area contributed by atoms with Gasteiger partial charge in [-0.25, -0.2) is 0 Å². The molecule has 104 valence electrons. The first-order valence-electron chi connectivity index (χ1n) is 6.82. The van der Waals surface area contributed by atoms with E-state index in [0.717, 1.165) is 25.7 Å². The molecule has 0 aliphatic heterocycles. The van der Waals surface area contributed by atoms with Crippen molar-refractivity contribution in [2.45, 2.75) is 44.8 Å². The lowest BCUT2D eigenvalue weighted by molar-refractivity contribution is 0.0123. The van der Waals surface area contributed by atoms with Gasteiger partial charge in [0, 0.05) is 24.9 Å². The normalized spacial score (nSPS) is 23.0. The average Bonchev–Trinajstić information content (AvgIpc) is 2.41. The zero-order valence-electron chi connectivity index (χ0n) is 11.1. The second kappa shape index (κ2) is 6.52. The molecule has 1 aliphatic carbocycles. The molecule has 2 rings (SSSR count). The summed E-state index contributed by atoms with van der Waals surface area (Å²) in [5.41, 5.74) is 0.127. The number of amides is 1. The van der Waals surface area contributed by atoms with Gasteiger partial charge in [-0.1, -0.05) is 12.8 Å². The van der Waals surface area contributed by atoms with Crippen molar-refractivity contribution in [2.75, 3.05) is 6.61 Å². The van der Waals surface area contributed by atoms with E-state index < -0.39 is 0 Å². The van der Waals surface area contributed by atoms with Gasteiger partial charge in [-0.2, -0.15) is 0 Å². The molecule has 1 fully saturated rings. The number of carbonyl (C=O) groups is 1. The first-order chi connectivity index (χ1) is 9.20. The smallest absolute Gasteiger partial charge is 0.268 e. The third kappa shape index (κ3) is 3.67. The minimum Gasteiger partial charge on any atom is -0.376 e. The molecule has 1 heterocycles. The van der Waals surface area contributed by atoms with Gasteiger partial charge in [0.05, 0.1) is 12.1 Å². The van der Waals surface area contributed by atoms with Crippen LogP contribution in [0.3, 0.4) is 0 Å². The molecular formula is C14H20N2O3. The first kappa shape index (κ1) is 13.8. The van der Waals surface area contributed by atoms with E-state index in [2.05, 4.69) is 10.3 Å². The summed E-state index contributed by atoms with van der Waals surface area (Å²) < 4.78 is 5.67. The Morgan fingerprint density at radius 2 is 2.26 bits per heavy atom. The lowest BCUT2D eigenvalue weighted by atomic mass is 9.92. The Labute approximate surface area is 112 Å². The maximum atomic E-state index is 12.1. The summed E-state index contributed by atoms with van der Waals surface area (Å²) in [7, 11) is 0. The van der Waals surface area contributed by atoms with E-state index in [4.69, 9.17) is 4.74 Å². The zero-order chi connectivity index (χ0) is 13.7. The van der Waals surface area contributed by atoms with Crippen LogP contribution in [-0.2, 0) is 4.74 Å². The van der Waals surface area contributed by atoms with E-state index in [1.54, 1.807) is 0 Å². The second-order valence-corrected chi connectivity index (χ2v) is 4.80. The van der Waals surface area contributed by atoms with Crippen LogP contribution in [0.4, 0.5) is 0 Å². The van der Waals surface area contributed by atoms with Crippen molar-refractivity contribution < 1.29 is 9.53 Å². The molecule has 0 spiro atoms. The highest BCUT2D eigenvalue weighted by Gasteiger charge is 2.27. The number of pyridine rings is 1. The van der Waals surface area contributed by atoms with Gasteiger partial charge in [0.2, 0.25) is 0 Å². The fourth-order valence-corrected chi connectivity index (χ4v) is 2.50. The maximum absolute atomic E-state index is 12.1. The van der Waals surface area contributed by atoms with Crippen molar-refractivity contribution in [3.05, 3.63) is 34.2 Å². The van der Waals surface area contributed by atoms with Crippen LogP contribution < -0.4 is 10.7 Å².